The van der Waals surface area contributed by atoms with Crippen LogP contribution in [0.2, 0.25) is 0 Å². The maximum absolute atomic E-state index is 14.3. The van der Waals surface area contributed by atoms with E-state index in [2.05, 4.69) is 89.7 Å². The van der Waals surface area contributed by atoms with Gasteiger partial charge in [0, 0.05) is 43.0 Å². The first kappa shape index (κ1) is 56.2. The number of ether oxygens (including phenoxy) is 1. The molecule has 5 N–H and O–H groups in total. The van der Waals surface area contributed by atoms with Crippen molar-refractivity contribution in [2.75, 3.05) is 31.6 Å². The van der Waals surface area contributed by atoms with Gasteiger partial charge in [-0.15, -0.1) is 0 Å². The molecule has 1 heterocycles. The molecule has 11 heteroatoms. The molecule has 3 aromatic carbocycles. The number of carbonyl (C=O) groups excluding carboxylic acids is 3. The number of benzene rings is 3. The number of aliphatic hydroxyl groups is 2. The van der Waals surface area contributed by atoms with Crippen molar-refractivity contribution >= 4 is 23.4 Å². The summed E-state index contributed by atoms with van der Waals surface area (Å²) in [5.74, 6) is -1.24. The van der Waals surface area contributed by atoms with Gasteiger partial charge in [-0.3, -0.25) is 14.4 Å². The Morgan fingerprint density at radius 3 is 1.74 bits per heavy atom. The Morgan fingerprint density at radius 1 is 0.657 bits per heavy atom. The Bertz CT molecular complexity index is 2330. The molecule has 0 spiro atoms. The molecule has 4 rings (SSSR count). The Morgan fingerprint density at radius 2 is 1.19 bits per heavy atom. The number of para-hydroxylation sites is 1. The molecule has 0 radical (unpaired) electrons. The van der Waals surface area contributed by atoms with E-state index in [1.54, 1.807) is 12.1 Å². The van der Waals surface area contributed by atoms with Crippen molar-refractivity contribution in [1.29, 1.82) is 0 Å². The number of hydrogen-bond acceptors (Lipinski definition) is 6. The summed E-state index contributed by atoms with van der Waals surface area (Å²) in [7, 11) is 0. The smallest absolute Gasteiger partial charge is 0.258 e. The second kappa shape index (κ2) is 33.2. The van der Waals surface area contributed by atoms with Crippen molar-refractivity contribution in [3.8, 4) is 22.4 Å². The van der Waals surface area contributed by atoms with E-state index in [-0.39, 0.29) is 68.4 Å². The van der Waals surface area contributed by atoms with E-state index >= 15 is 0 Å². The number of nitrogens with one attached hydrogen (secondary N) is 3. The van der Waals surface area contributed by atoms with Gasteiger partial charge in [0.15, 0.2) is 0 Å². The summed E-state index contributed by atoms with van der Waals surface area (Å²) >= 11 is 0. The van der Waals surface area contributed by atoms with E-state index in [1.807, 2.05) is 85.2 Å². The van der Waals surface area contributed by atoms with Crippen molar-refractivity contribution in [3.63, 3.8) is 0 Å². The topological polar surface area (TPSA) is 142 Å². The zero-order chi connectivity index (χ0) is 50.2. The Hall–Kier alpha value is -6.40. The van der Waals surface area contributed by atoms with E-state index in [1.165, 1.54) is 12.1 Å². The minimum absolute atomic E-state index is 0.0409. The zero-order valence-corrected chi connectivity index (χ0v) is 41.4. The molecule has 1 aromatic heterocycles. The molecule has 0 aliphatic rings. The lowest BCUT2D eigenvalue weighted by molar-refractivity contribution is -0.123. The Labute approximate surface area is 415 Å². The van der Waals surface area contributed by atoms with Crippen molar-refractivity contribution in [2.45, 2.75) is 116 Å². The molecule has 374 valence electrons. The summed E-state index contributed by atoms with van der Waals surface area (Å²) in [6.07, 6.45) is 30.5. The van der Waals surface area contributed by atoms with Gasteiger partial charge in [-0.1, -0.05) is 142 Å². The second-order valence-corrected chi connectivity index (χ2v) is 17.3. The quantitative estimate of drug-likeness (QED) is 0.0244. The maximum atomic E-state index is 14.3. The third-order valence-electron chi connectivity index (χ3n) is 11.2. The van der Waals surface area contributed by atoms with E-state index in [0.29, 0.717) is 54.1 Å². The minimum atomic E-state index is -1.10. The van der Waals surface area contributed by atoms with Crippen LogP contribution in [-0.2, 0) is 20.9 Å². The molecule has 70 heavy (non-hydrogen) atoms. The molecular formula is C59H75FN4O6. The largest absolute Gasteiger partial charge is 0.393 e. The molecule has 0 saturated heterocycles. The van der Waals surface area contributed by atoms with Crippen LogP contribution in [0, 0.1) is 5.82 Å². The van der Waals surface area contributed by atoms with Crippen LogP contribution in [0.4, 0.5) is 10.1 Å². The molecular weight excluding hydrogens is 880 g/mol. The monoisotopic (exact) mass is 955 g/mol. The van der Waals surface area contributed by atoms with Gasteiger partial charge in [-0.05, 0) is 111 Å². The first-order valence-corrected chi connectivity index (χ1v) is 24.9. The number of aliphatic hydroxyl groups excluding tert-OH is 2. The molecule has 0 fully saturated rings. The number of anilines is 1. The van der Waals surface area contributed by atoms with Gasteiger partial charge in [-0.2, -0.15) is 0 Å². The van der Waals surface area contributed by atoms with E-state index in [4.69, 9.17) is 4.74 Å². The molecule has 0 aliphatic carbocycles. The summed E-state index contributed by atoms with van der Waals surface area (Å²) in [6.45, 7) is 7.55. The minimum Gasteiger partial charge on any atom is -0.393 e. The molecule has 10 nitrogen and oxygen atoms in total. The van der Waals surface area contributed by atoms with Crippen LogP contribution in [0.3, 0.4) is 0 Å². The highest BCUT2D eigenvalue weighted by atomic mass is 19.1. The first-order chi connectivity index (χ1) is 34.1. The normalized spacial score (nSPS) is 13.0. The van der Waals surface area contributed by atoms with Crippen LogP contribution >= 0.6 is 0 Å². The summed E-state index contributed by atoms with van der Waals surface area (Å²) < 4.78 is 21.9. The van der Waals surface area contributed by atoms with Gasteiger partial charge in [0.2, 0.25) is 11.8 Å². The molecule has 2 atom stereocenters. The number of rotatable bonds is 32. The maximum Gasteiger partial charge on any atom is 0.258 e. The van der Waals surface area contributed by atoms with E-state index in [0.717, 1.165) is 49.8 Å². The van der Waals surface area contributed by atoms with E-state index in [9.17, 15) is 29.0 Å². The van der Waals surface area contributed by atoms with Crippen molar-refractivity contribution in [3.05, 3.63) is 175 Å². The number of halogens is 1. The summed E-state index contributed by atoms with van der Waals surface area (Å²) in [5.41, 5.74) is 4.79. The van der Waals surface area contributed by atoms with Crippen LogP contribution < -0.4 is 16.0 Å². The van der Waals surface area contributed by atoms with Crippen LogP contribution in [0.25, 0.3) is 22.4 Å². The lowest BCUT2D eigenvalue weighted by Crippen LogP contribution is -2.32. The molecule has 0 bridgehead atoms. The summed E-state index contributed by atoms with van der Waals surface area (Å²) in [6, 6.07) is 25.0. The Kier molecular flexibility index (Phi) is 26.6. The average Bonchev–Trinajstić information content (AvgIpc) is 3.70. The molecule has 0 unspecified atom stereocenters. The summed E-state index contributed by atoms with van der Waals surface area (Å²) in [5, 5.41) is 30.7. The van der Waals surface area contributed by atoms with E-state index < -0.39 is 12.2 Å². The number of allylic oxidation sites excluding steroid dienone is 12. The van der Waals surface area contributed by atoms with Crippen molar-refractivity contribution in [2.24, 2.45) is 0 Å². The van der Waals surface area contributed by atoms with Gasteiger partial charge in [0.25, 0.3) is 5.91 Å². The molecule has 4 aromatic rings. The fraction of sp³-hybridized carbons (Fsp3) is 0.373. The number of carbonyl (C=O) groups is 3. The first-order valence-electron chi connectivity index (χ1n) is 24.9. The molecule has 0 aliphatic heterocycles. The van der Waals surface area contributed by atoms with Crippen LogP contribution in [0.1, 0.15) is 113 Å². The van der Waals surface area contributed by atoms with Gasteiger partial charge in [0.05, 0.1) is 43.1 Å². The van der Waals surface area contributed by atoms with Gasteiger partial charge in [-0.25, -0.2) is 4.39 Å². The third-order valence-corrected chi connectivity index (χ3v) is 11.2. The fourth-order valence-electron chi connectivity index (χ4n) is 7.86. The average molecular weight is 955 g/mol. The van der Waals surface area contributed by atoms with Crippen molar-refractivity contribution < 1.29 is 33.7 Å². The van der Waals surface area contributed by atoms with Crippen molar-refractivity contribution in [1.82, 2.24) is 15.2 Å². The third kappa shape index (κ3) is 21.1. The lowest BCUT2D eigenvalue weighted by atomic mass is 9.94. The second-order valence-electron chi connectivity index (χ2n) is 17.3. The van der Waals surface area contributed by atoms with Gasteiger partial charge >= 0.3 is 0 Å². The standard InChI is InChI=1S/C59H75FN4O6/c1-4-5-6-7-8-9-10-11-12-13-14-15-16-17-18-19-20-21-28-33-53(67)61-39-42-70-43-40-62-54(68)45-52(66)44-51(65)38-41-64-57(46(2)3)56(59(69)63-50-31-26-23-27-32-50)55(47-29-24-22-25-30-47)58(64)48-34-36-49(60)37-35-48/h5-6,8-9,11-12,14-15,17-18,20-27,29-32,34-37,46,51-52,65-66H,4,7,10,13,16,19,28,33,38-45H2,1-3H3,(H,61,67)(H,62,68)(H,63,69)/t51-,52-/m1/s1. The number of aromatic nitrogens is 1. The number of amides is 3. The highest BCUT2D eigenvalue weighted by Crippen LogP contribution is 2.42. The van der Waals surface area contributed by atoms with Crippen LogP contribution in [0.15, 0.2) is 158 Å². The number of nitrogens with zero attached hydrogens (tertiary/aromatic N) is 1. The predicted molar refractivity (Wildman–Crippen MR) is 284 cm³/mol. The molecule has 3 amide bonds. The fourth-order valence-corrected chi connectivity index (χ4v) is 7.86. The van der Waals surface area contributed by atoms with Crippen LogP contribution in [-0.4, -0.2) is 71.0 Å². The Balaban J connectivity index is 1.15. The highest BCUT2D eigenvalue weighted by molar-refractivity contribution is 6.12. The SMILES string of the molecule is CCC=CCC=CCC=CCC=CCC=CCC=CCCC(=O)NCCOCCNC(=O)C[C@H](O)C[C@H](O)CCn1c(-c2ccc(F)cc2)c(-c2ccccc2)c(C(=O)Nc2ccccc2)c1C(C)C. The summed E-state index contributed by atoms with van der Waals surface area (Å²) in [4.78, 5) is 39.2. The van der Waals surface area contributed by atoms with Crippen LogP contribution in [0.5, 0.6) is 0 Å². The molecule has 0 saturated carbocycles. The number of hydrogen-bond donors (Lipinski definition) is 5. The zero-order valence-electron chi connectivity index (χ0n) is 41.4. The lowest BCUT2D eigenvalue weighted by Gasteiger charge is -2.20. The highest BCUT2D eigenvalue weighted by Gasteiger charge is 2.31. The van der Waals surface area contributed by atoms with Gasteiger partial charge < -0.3 is 35.5 Å². The van der Waals surface area contributed by atoms with Gasteiger partial charge in [0.1, 0.15) is 5.82 Å². The predicted octanol–water partition coefficient (Wildman–Crippen LogP) is 12.0.